The zero-order valence-electron chi connectivity index (χ0n) is 14.6. The highest BCUT2D eigenvalue weighted by atomic mass is 19.4. The summed E-state index contributed by atoms with van der Waals surface area (Å²) in [5, 5.41) is 0. The van der Waals surface area contributed by atoms with Crippen molar-refractivity contribution in [1.29, 1.82) is 0 Å². The molecule has 5 nitrogen and oxygen atoms in total. The SMILES string of the molecule is Cn1c(=O)n(CC(=O)N(Cc2ccccc2)CC(F)(F)F)c2ccccc21. The van der Waals surface area contributed by atoms with Crippen molar-refractivity contribution >= 4 is 16.9 Å². The predicted molar refractivity (Wildman–Crippen MR) is 95.1 cm³/mol. The zero-order valence-corrected chi connectivity index (χ0v) is 14.6. The molecule has 0 saturated heterocycles. The van der Waals surface area contributed by atoms with E-state index in [0.717, 1.165) is 4.90 Å². The van der Waals surface area contributed by atoms with Crippen LogP contribution in [0, 0.1) is 0 Å². The van der Waals surface area contributed by atoms with Gasteiger partial charge in [-0.1, -0.05) is 42.5 Å². The molecular weight excluding hydrogens is 359 g/mol. The first-order chi connectivity index (χ1) is 12.8. The number of imidazole rings is 1. The van der Waals surface area contributed by atoms with Gasteiger partial charge in [0.05, 0.1) is 11.0 Å². The first-order valence-corrected chi connectivity index (χ1v) is 8.29. The number of fused-ring (bicyclic) bond motifs is 1. The van der Waals surface area contributed by atoms with Gasteiger partial charge in [-0.15, -0.1) is 0 Å². The Balaban J connectivity index is 1.91. The van der Waals surface area contributed by atoms with E-state index in [0.29, 0.717) is 16.6 Å². The average molecular weight is 377 g/mol. The molecule has 0 spiro atoms. The molecule has 0 fully saturated rings. The topological polar surface area (TPSA) is 47.2 Å². The third-order valence-corrected chi connectivity index (χ3v) is 4.28. The highest BCUT2D eigenvalue weighted by molar-refractivity contribution is 5.81. The summed E-state index contributed by atoms with van der Waals surface area (Å²) in [6.07, 6.45) is -4.53. The molecule has 0 bridgehead atoms. The fraction of sp³-hybridized carbons (Fsp3) is 0.263. The van der Waals surface area contributed by atoms with Crippen LogP contribution in [0.2, 0.25) is 0 Å². The summed E-state index contributed by atoms with van der Waals surface area (Å²) in [5.41, 5.74) is 1.25. The fourth-order valence-electron chi connectivity index (χ4n) is 3.00. The molecule has 0 saturated carbocycles. The van der Waals surface area contributed by atoms with E-state index in [-0.39, 0.29) is 6.54 Å². The van der Waals surface area contributed by atoms with Crippen LogP contribution >= 0.6 is 0 Å². The van der Waals surface area contributed by atoms with Crippen molar-refractivity contribution < 1.29 is 18.0 Å². The van der Waals surface area contributed by atoms with Crippen LogP contribution in [0.4, 0.5) is 13.2 Å². The van der Waals surface area contributed by atoms with E-state index in [1.165, 1.54) is 9.13 Å². The fourth-order valence-corrected chi connectivity index (χ4v) is 3.00. The van der Waals surface area contributed by atoms with E-state index in [2.05, 4.69) is 0 Å². The maximum Gasteiger partial charge on any atom is 0.406 e. The largest absolute Gasteiger partial charge is 0.406 e. The van der Waals surface area contributed by atoms with Crippen LogP contribution in [0.5, 0.6) is 0 Å². The molecule has 8 heteroatoms. The molecule has 0 unspecified atom stereocenters. The molecule has 1 amide bonds. The normalized spacial score (nSPS) is 11.7. The summed E-state index contributed by atoms with van der Waals surface area (Å²) in [6, 6.07) is 15.3. The second-order valence-corrected chi connectivity index (χ2v) is 6.27. The number of aromatic nitrogens is 2. The van der Waals surface area contributed by atoms with E-state index >= 15 is 0 Å². The number of hydrogen-bond donors (Lipinski definition) is 0. The van der Waals surface area contributed by atoms with Gasteiger partial charge in [0.2, 0.25) is 5.91 Å². The third-order valence-electron chi connectivity index (χ3n) is 4.28. The monoisotopic (exact) mass is 377 g/mol. The number of carbonyl (C=O) groups excluding carboxylic acids is 1. The summed E-state index contributed by atoms with van der Waals surface area (Å²) in [4.78, 5) is 25.8. The van der Waals surface area contributed by atoms with Gasteiger partial charge in [0, 0.05) is 13.6 Å². The lowest BCUT2D eigenvalue weighted by atomic mass is 10.2. The Hall–Kier alpha value is -3.03. The van der Waals surface area contributed by atoms with Gasteiger partial charge in [-0.25, -0.2) is 4.79 Å². The number of para-hydroxylation sites is 2. The summed E-state index contributed by atoms with van der Waals surface area (Å²) in [5.74, 6) is -0.769. The molecule has 27 heavy (non-hydrogen) atoms. The number of nitrogens with zero attached hydrogens (tertiary/aromatic N) is 3. The van der Waals surface area contributed by atoms with Gasteiger partial charge in [-0.3, -0.25) is 13.9 Å². The highest BCUT2D eigenvalue weighted by Crippen LogP contribution is 2.19. The highest BCUT2D eigenvalue weighted by Gasteiger charge is 2.33. The molecule has 0 atom stereocenters. The van der Waals surface area contributed by atoms with Crippen LogP contribution in [0.25, 0.3) is 11.0 Å². The van der Waals surface area contributed by atoms with Crippen molar-refractivity contribution in [1.82, 2.24) is 14.0 Å². The van der Waals surface area contributed by atoms with Gasteiger partial charge in [0.15, 0.2) is 0 Å². The van der Waals surface area contributed by atoms with Crippen LogP contribution in [-0.2, 0) is 24.9 Å². The Kier molecular flexibility index (Phi) is 5.07. The predicted octanol–water partition coefficient (Wildman–Crippen LogP) is 2.93. The van der Waals surface area contributed by atoms with Gasteiger partial charge in [-0.2, -0.15) is 13.2 Å². The van der Waals surface area contributed by atoms with E-state index in [9.17, 15) is 22.8 Å². The van der Waals surface area contributed by atoms with Crippen molar-refractivity contribution in [2.24, 2.45) is 7.05 Å². The minimum atomic E-state index is -4.53. The van der Waals surface area contributed by atoms with E-state index in [4.69, 9.17) is 0 Å². The second kappa shape index (κ2) is 7.30. The van der Waals surface area contributed by atoms with Crippen molar-refractivity contribution in [2.45, 2.75) is 19.3 Å². The number of carbonyl (C=O) groups is 1. The van der Waals surface area contributed by atoms with E-state index in [1.807, 2.05) is 0 Å². The Morgan fingerprint density at radius 1 is 1.00 bits per heavy atom. The average Bonchev–Trinajstić information content (AvgIpc) is 2.86. The van der Waals surface area contributed by atoms with Crippen LogP contribution in [0.3, 0.4) is 0 Å². The van der Waals surface area contributed by atoms with Crippen molar-refractivity contribution in [3.8, 4) is 0 Å². The molecule has 3 aromatic rings. The third kappa shape index (κ3) is 4.21. The van der Waals surface area contributed by atoms with Gasteiger partial charge < -0.3 is 4.90 Å². The van der Waals surface area contributed by atoms with Crippen molar-refractivity contribution in [3.05, 3.63) is 70.6 Å². The Morgan fingerprint density at radius 2 is 1.59 bits per heavy atom. The molecule has 0 N–H and O–H groups in total. The van der Waals surface area contributed by atoms with Crippen molar-refractivity contribution in [3.63, 3.8) is 0 Å². The minimum Gasteiger partial charge on any atom is -0.328 e. The van der Waals surface area contributed by atoms with Gasteiger partial charge in [0.1, 0.15) is 13.1 Å². The number of aryl methyl sites for hydroxylation is 1. The second-order valence-electron chi connectivity index (χ2n) is 6.27. The zero-order chi connectivity index (χ0) is 19.6. The summed E-state index contributed by atoms with van der Waals surface area (Å²) < 4.78 is 41.5. The van der Waals surface area contributed by atoms with Gasteiger partial charge in [0.25, 0.3) is 0 Å². The smallest absolute Gasteiger partial charge is 0.328 e. The first-order valence-electron chi connectivity index (χ1n) is 8.29. The van der Waals surface area contributed by atoms with Crippen LogP contribution in [-0.4, -0.2) is 32.7 Å². The molecule has 0 aliphatic carbocycles. The van der Waals surface area contributed by atoms with E-state index < -0.39 is 30.9 Å². The summed E-state index contributed by atoms with van der Waals surface area (Å²) >= 11 is 0. The number of halogens is 3. The Labute approximate surface area is 153 Å². The molecule has 1 heterocycles. The lowest BCUT2D eigenvalue weighted by Crippen LogP contribution is -2.41. The maximum atomic E-state index is 13.0. The van der Waals surface area contributed by atoms with Crippen LogP contribution in [0.1, 0.15) is 5.56 Å². The number of amides is 1. The number of benzene rings is 2. The molecule has 1 aromatic heterocycles. The van der Waals surface area contributed by atoms with Crippen molar-refractivity contribution in [2.75, 3.05) is 6.54 Å². The van der Waals surface area contributed by atoms with Gasteiger partial charge in [-0.05, 0) is 17.7 Å². The molecule has 3 rings (SSSR count). The minimum absolute atomic E-state index is 0.182. The number of hydrogen-bond acceptors (Lipinski definition) is 2. The molecule has 0 aliphatic rings. The van der Waals surface area contributed by atoms with Gasteiger partial charge >= 0.3 is 11.9 Å². The molecule has 142 valence electrons. The Bertz CT molecular complexity index is 1010. The van der Waals surface area contributed by atoms with E-state index in [1.54, 1.807) is 61.6 Å². The lowest BCUT2D eigenvalue weighted by Gasteiger charge is -2.24. The first kappa shape index (κ1) is 18.8. The Morgan fingerprint density at radius 3 is 2.22 bits per heavy atom. The molecular formula is C19H18F3N3O2. The molecule has 2 aromatic carbocycles. The quantitative estimate of drug-likeness (QED) is 0.686. The standard InChI is InChI=1S/C19H18F3N3O2/c1-23-15-9-5-6-10-16(15)25(18(23)27)12-17(26)24(13-19(20,21)22)11-14-7-3-2-4-8-14/h2-10H,11-13H2,1H3. The number of rotatable bonds is 5. The lowest BCUT2D eigenvalue weighted by molar-refractivity contribution is -0.162. The number of alkyl halides is 3. The maximum absolute atomic E-state index is 13.0. The molecule has 0 radical (unpaired) electrons. The molecule has 0 aliphatic heterocycles. The summed E-state index contributed by atoms with van der Waals surface area (Å²) in [6.45, 7) is -2.01. The summed E-state index contributed by atoms with van der Waals surface area (Å²) in [7, 11) is 1.56. The van der Waals surface area contributed by atoms with Crippen LogP contribution < -0.4 is 5.69 Å². The van der Waals surface area contributed by atoms with Crippen LogP contribution in [0.15, 0.2) is 59.4 Å².